The molecule has 0 spiro atoms. The Balaban J connectivity index is 1.93. The van der Waals surface area contributed by atoms with E-state index in [1.54, 1.807) is 25.1 Å². The lowest BCUT2D eigenvalue weighted by Gasteiger charge is -2.22. The topological polar surface area (TPSA) is 88.1 Å². The predicted octanol–water partition coefficient (Wildman–Crippen LogP) is 3.54. The molecule has 0 saturated carbocycles. The van der Waals surface area contributed by atoms with Gasteiger partial charge in [0, 0.05) is 18.5 Å². The maximum Gasteiger partial charge on any atom is 0.242 e. The molecule has 0 radical (unpaired) electrons. The van der Waals surface area contributed by atoms with Gasteiger partial charge in [0.05, 0.1) is 24.6 Å². The van der Waals surface area contributed by atoms with E-state index >= 15 is 0 Å². The number of carbonyl (C=O) groups is 1. The number of sulfonamides is 1. The largest absolute Gasteiger partial charge is 0.494 e. The van der Waals surface area contributed by atoms with Crippen LogP contribution < -0.4 is 9.46 Å². The van der Waals surface area contributed by atoms with Crippen molar-refractivity contribution in [2.24, 2.45) is 5.10 Å². The number of anilines is 1. The van der Waals surface area contributed by atoms with Gasteiger partial charge in [-0.15, -0.1) is 0 Å². The number of ether oxygens (including phenoxy) is 1. The van der Waals surface area contributed by atoms with Gasteiger partial charge in [0.2, 0.25) is 15.9 Å². The highest BCUT2D eigenvalue weighted by Crippen LogP contribution is 2.35. The summed E-state index contributed by atoms with van der Waals surface area (Å²) in [6.07, 6.45) is 1.98. The molecule has 1 atom stereocenters. The summed E-state index contributed by atoms with van der Waals surface area (Å²) >= 11 is 0. The maximum absolute atomic E-state index is 12.5. The van der Waals surface area contributed by atoms with Crippen LogP contribution in [0.3, 0.4) is 0 Å². The molecule has 1 unspecified atom stereocenters. The van der Waals surface area contributed by atoms with E-state index in [-0.39, 0.29) is 11.9 Å². The molecule has 154 valence electrons. The average molecular weight is 416 g/mol. The lowest BCUT2D eigenvalue weighted by molar-refractivity contribution is -0.132. The molecular formula is C21H25N3O4S. The molecule has 0 aliphatic carbocycles. The molecule has 8 heteroatoms. The molecule has 1 aliphatic heterocycles. The number of hydrogen-bond donors (Lipinski definition) is 1. The van der Waals surface area contributed by atoms with E-state index in [0.29, 0.717) is 25.1 Å². The highest BCUT2D eigenvalue weighted by molar-refractivity contribution is 7.92. The number of carbonyl (C=O) groups excluding carboxylic acids is 1. The Bertz CT molecular complexity index is 1030. The minimum atomic E-state index is -3.38. The number of hydrazone groups is 1. The van der Waals surface area contributed by atoms with Gasteiger partial charge < -0.3 is 4.74 Å². The highest BCUT2D eigenvalue weighted by atomic mass is 32.2. The molecule has 1 heterocycles. The van der Waals surface area contributed by atoms with E-state index in [1.807, 2.05) is 37.3 Å². The zero-order valence-electron chi connectivity index (χ0n) is 16.8. The average Bonchev–Trinajstić information content (AvgIpc) is 3.12. The quantitative estimate of drug-likeness (QED) is 0.749. The summed E-state index contributed by atoms with van der Waals surface area (Å²) in [5, 5.41) is 6.11. The van der Waals surface area contributed by atoms with Crippen LogP contribution in [0.1, 0.15) is 43.9 Å². The Morgan fingerprint density at radius 1 is 1.21 bits per heavy atom. The minimum Gasteiger partial charge on any atom is -0.494 e. The van der Waals surface area contributed by atoms with Gasteiger partial charge in [-0.3, -0.25) is 9.52 Å². The van der Waals surface area contributed by atoms with Gasteiger partial charge in [0.1, 0.15) is 5.75 Å². The zero-order chi connectivity index (χ0) is 21.0. The summed E-state index contributed by atoms with van der Waals surface area (Å²) in [6, 6.07) is 14.5. The van der Waals surface area contributed by atoms with Gasteiger partial charge in [0.25, 0.3) is 0 Å². The van der Waals surface area contributed by atoms with Crippen LogP contribution in [-0.4, -0.2) is 37.9 Å². The summed E-state index contributed by atoms with van der Waals surface area (Å²) in [6.45, 7) is 4.29. The third-order valence-corrected chi connectivity index (χ3v) is 5.13. The lowest BCUT2D eigenvalue weighted by atomic mass is 9.98. The molecule has 0 saturated heterocycles. The number of nitrogens with zero attached hydrogens (tertiary/aromatic N) is 2. The molecule has 1 amide bonds. The monoisotopic (exact) mass is 415 g/mol. The van der Waals surface area contributed by atoms with Gasteiger partial charge in [-0.05, 0) is 42.3 Å². The fraction of sp³-hybridized carbons (Fsp3) is 0.333. The van der Waals surface area contributed by atoms with Crippen molar-refractivity contribution >= 4 is 27.3 Å². The molecule has 2 aromatic rings. The Morgan fingerprint density at radius 3 is 2.66 bits per heavy atom. The Kier molecular flexibility index (Phi) is 6.22. The number of amides is 1. The number of hydrogen-bond acceptors (Lipinski definition) is 5. The van der Waals surface area contributed by atoms with Crippen molar-refractivity contribution < 1.29 is 17.9 Å². The summed E-state index contributed by atoms with van der Waals surface area (Å²) in [4.78, 5) is 12.5. The van der Waals surface area contributed by atoms with Crippen LogP contribution in [0.2, 0.25) is 0 Å². The summed E-state index contributed by atoms with van der Waals surface area (Å²) in [5.74, 6) is 0.680. The van der Waals surface area contributed by atoms with Crippen molar-refractivity contribution in [2.45, 2.75) is 32.7 Å². The zero-order valence-corrected chi connectivity index (χ0v) is 17.6. The van der Waals surface area contributed by atoms with E-state index in [2.05, 4.69) is 9.82 Å². The van der Waals surface area contributed by atoms with Crippen molar-refractivity contribution in [1.82, 2.24) is 5.01 Å². The van der Waals surface area contributed by atoms with Gasteiger partial charge >= 0.3 is 0 Å². The van der Waals surface area contributed by atoms with Gasteiger partial charge in [-0.25, -0.2) is 13.4 Å². The second-order valence-corrected chi connectivity index (χ2v) is 8.57. The fourth-order valence-corrected chi connectivity index (χ4v) is 3.85. The summed E-state index contributed by atoms with van der Waals surface area (Å²) in [7, 11) is -3.38. The molecule has 7 nitrogen and oxygen atoms in total. The molecule has 0 fully saturated rings. The number of rotatable bonds is 7. The molecule has 0 bridgehead atoms. The summed E-state index contributed by atoms with van der Waals surface area (Å²) in [5.41, 5.74) is 2.91. The van der Waals surface area contributed by atoms with E-state index in [0.717, 1.165) is 28.8 Å². The SMILES string of the molecule is CCOc1cccc(C2CC(c3cccc(NS(C)(=O)=O)c3)=NN2C(=O)CC)c1. The summed E-state index contributed by atoms with van der Waals surface area (Å²) < 4.78 is 31.1. The predicted molar refractivity (Wildman–Crippen MR) is 114 cm³/mol. The van der Waals surface area contributed by atoms with Gasteiger partial charge in [-0.1, -0.05) is 31.2 Å². The molecule has 2 aromatic carbocycles. The first-order valence-electron chi connectivity index (χ1n) is 9.51. The number of benzene rings is 2. The van der Waals surface area contributed by atoms with E-state index < -0.39 is 10.0 Å². The first-order valence-corrected chi connectivity index (χ1v) is 11.4. The number of nitrogens with one attached hydrogen (secondary N) is 1. The minimum absolute atomic E-state index is 0.0720. The lowest BCUT2D eigenvalue weighted by Crippen LogP contribution is -2.26. The van der Waals surface area contributed by atoms with Crippen molar-refractivity contribution in [2.75, 3.05) is 17.6 Å². The molecule has 3 rings (SSSR count). The Morgan fingerprint density at radius 2 is 1.97 bits per heavy atom. The van der Waals surface area contributed by atoms with Crippen molar-refractivity contribution in [1.29, 1.82) is 0 Å². The van der Waals surface area contributed by atoms with E-state index in [9.17, 15) is 13.2 Å². The fourth-order valence-electron chi connectivity index (χ4n) is 3.29. The van der Waals surface area contributed by atoms with Crippen LogP contribution >= 0.6 is 0 Å². The second kappa shape index (κ2) is 8.65. The van der Waals surface area contributed by atoms with Crippen molar-refractivity contribution in [3.63, 3.8) is 0 Å². The third kappa shape index (κ3) is 5.14. The van der Waals surface area contributed by atoms with Crippen LogP contribution in [0, 0.1) is 0 Å². The normalized spacial score (nSPS) is 16.4. The maximum atomic E-state index is 12.5. The Hall–Kier alpha value is -2.87. The highest BCUT2D eigenvalue weighted by Gasteiger charge is 2.32. The van der Waals surface area contributed by atoms with Crippen LogP contribution in [0.15, 0.2) is 53.6 Å². The molecule has 29 heavy (non-hydrogen) atoms. The van der Waals surface area contributed by atoms with Crippen molar-refractivity contribution in [3.05, 3.63) is 59.7 Å². The van der Waals surface area contributed by atoms with Crippen LogP contribution in [0.5, 0.6) is 5.75 Å². The molecule has 0 aromatic heterocycles. The molecule has 1 N–H and O–H groups in total. The first-order chi connectivity index (χ1) is 13.8. The molecule has 1 aliphatic rings. The first kappa shape index (κ1) is 20.9. The molecular weight excluding hydrogens is 390 g/mol. The smallest absolute Gasteiger partial charge is 0.242 e. The Labute approximate surface area is 171 Å². The van der Waals surface area contributed by atoms with Crippen LogP contribution in [0.4, 0.5) is 5.69 Å². The van der Waals surface area contributed by atoms with Crippen LogP contribution in [0.25, 0.3) is 0 Å². The van der Waals surface area contributed by atoms with Crippen LogP contribution in [-0.2, 0) is 14.8 Å². The van der Waals surface area contributed by atoms with Gasteiger partial charge in [0.15, 0.2) is 0 Å². The van der Waals surface area contributed by atoms with Crippen molar-refractivity contribution in [3.8, 4) is 5.75 Å². The standard InChI is InChI=1S/C21H25N3O4S/c1-4-21(25)24-20(16-9-7-11-18(13-16)28-5-2)14-19(22-24)15-8-6-10-17(12-15)23-29(3,26)27/h6-13,20,23H,4-5,14H2,1-3H3. The van der Waals surface area contributed by atoms with E-state index in [4.69, 9.17) is 4.74 Å². The third-order valence-electron chi connectivity index (χ3n) is 4.52. The van der Waals surface area contributed by atoms with E-state index in [1.165, 1.54) is 5.01 Å². The second-order valence-electron chi connectivity index (χ2n) is 6.82. The van der Waals surface area contributed by atoms with Gasteiger partial charge in [-0.2, -0.15) is 5.10 Å².